The lowest BCUT2D eigenvalue weighted by Crippen LogP contribution is -2.52. The number of nitrogens with zero attached hydrogens (tertiary/aromatic N) is 1. The maximum Gasteiger partial charge on any atom is 0.218 e. The highest BCUT2D eigenvalue weighted by Gasteiger charge is 2.42. The maximum absolute atomic E-state index is 13.9. The van der Waals surface area contributed by atoms with E-state index in [0.717, 1.165) is 18.4 Å². The molecular weight excluding hydrogens is 405 g/mol. The SMILES string of the molecule is O=S(=O)(Cc1ccccc1F)N1CCC2(CC1)CC(OCc1ccccc1)CCO2. The van der Waals surface area contributed by atoms with Crippen LogP contribution in [0.25, 0.3) is 0 Å². The van der Waals surface area contributed by atoms with Gasteiger partial charge in [-0.15, -0.1) is 0 Å². The van der Waals surface area contributed by atoms with Crippen molar-refractivity contribution in [1.29, 1.82) is 0 Å². The zero-order valence-corrected chi connectivity index (χ0v) is 17.8. The van der Waals surface area contributed by atoms with E-state index in [4.69, 9.17) is 9.47 Å². The van der Waals surface area contributed by atoms with Crippen LogP contribution in [0.3, 0.4) is 0 Å². The van der Waals surface area contributed by atoms with Gasteiger partial charge in [0.15, 0.2) is 0 Å². The largest absolute Gasteiger partial charge is 0.375 e. The third-order valence-electron chi connectivity index (χ3n) is 6.10. The van der Waals surface area contributed by atoms with Gasteiger partial charge in [0.1, 0.15) is 5.82 Å². The Morgan fingerprint density at radius 3 is 2.50 bits per heavy atom. The van der Waals surface area contributed by atoms with E-state index in [2.05, 4.69) is 0 Å². The van der Waals surface area contributed by atoms with Gasteiger partial charge in [0.05, 0.1) is 24.1 Å². The van der Waals surface area contributed by atoms with Crippen LogP contribution in [-0.4, -0.2) is 44.1 Å². The number of sulfonamides is 1. The molecule has 0 aliphatic carbocycles. The molecule has 5 nitrogen and oxygen atoms in total. The molecule has 2 aliphatic rings. The maximum atomic E-state index is 13.9. The van der Waals surface area contributed by atoms with Gasteiger partial charge in [0.2, 0.25) is 10.0 Å². The predicted octanol–water partition coefficient (Wildman–Crippen LogP) is 3.89. The lowest BCUT2D eigenvalue weighted by atomic mass is 9.84. The zero-order valence-electron chi connectivity index (χ0n) is 17.0. The first kappa shape index (κ1) is 21.4. The molecule has 2 fully saturated rings. The van der Waals surface area contributed by atoms with E-state index in [9.17, 15) is 12.8 Å². The molecule has 0 N–H and O–H groups in total. The van der Waals surface area contributed by atoms with E-state index in [1.54, 1.807) is 12.1 Å². The van der Waals surface area contributed by atoms with E-state index < -0.39 is 15.8 Å². The summed E-state index contributed by atoms with van der Waals surface area (Å²) in [6.07, 6.45) is 3.01. The Kier molecular flexibility index (Phi) is 6.53. The summed E-state index contributed by atoms with van der Waals surface area (Å²) in [5.74, 6) is -0.792. The van der Waals surface area contributed by atoms with Gasteiger partial charge in [-0.1, -0.05) is 48.5 Å². The van der Waals surface area contributed by atoms with Crippen molar-refractivity contribution >= 4 is 10.0 Å². The first-order chi connectivity index (χ1) is 14.5. The highest BCUT2D eigenvalue weighted by Crippen LogP contribution is 2.37. The standard InChI is InChI=1S/C23H28FNO4S/c24-22-9-5-4-8-20(22)18-30(26,27)25-13-11-23(12-14-25)16-21(10-15-29-23)28-17-19-6-2-1-3-7-19/h1-9,21H,10-18H2. The summed E-state index contributed by atoms with van der Waals surface area (Å²) in [5.41, 5.74) is 1.03. The van der Waals surface area contributed by atoms with Crippen LogP contribution < -0.4 is 0 Å². The van der Waals surface area contributed by atoms with Crippen LogP contribution in [0, 0.1) is 5.82 Å². The molecule has 1 unspecified atom stereocenters. The summed E-state index contributed by atoms with van der Waals surface area (Å²) in [7, 11) is -3.57. The van der Waals surface area contributed by atoms with Crippen molar-refractivity contribution in [1.82, 2.24) is 4.31 Å². The van der Waals surface area contributed by atoms with Crippen LogP contribution in [0.15, 0.2) is 54.6 Å². The van der Waals surface area contributed by atoms with Crippen molar-refractivity contribution in [2.24, 2.45) is 0 Å². The summed E-state index contributed by atoms with van der Waals surface area (Å²) in [5, 5.41) is 0. The molecule has 4 rings (SSSR count). The monoisotopic (exact) mass is 433 g/mol. The average Bonchev–Trinajstić information content (AvgIpc) is 2.75. The van der Waals surface area contributed by atoms with Gasteiger partial charge >= 0.3 is 0 Å². The molecule has 162 valence electrons. The normalized spacial score (nSPS) is 22.2. The quantitative estimate of drug-likeness (QED) is 0.694. The van der Waals surface area contributed by atoms with E-state index in [-0.39, 0.29) is 23.0 Å². The number of halogens is 1. The van der Waals surface area contributed by atoms with Crippen molar-refractivity contribution in [2.75, 3.05) is 19.7 Å². The number of benzene rings is 2. The summed E-state index contributed by atoms with van der Waals surface area (Å²) in [4.78, 5) is 0. The predicted molar refractivity (Wildman–Crippen MR) is 113 cm³/mol. The minimum Gasteiger partial charge on any atom is -0.375 e. The van der Waals surface area contributed by atoms with Crippen LogP contribution in [0.2, 0.25) is 0 Å². The molecule has 7 heteroatoms. The van der Waals surface area contributed by atoms with Crippen molar-refractivity contribution < 1.29 is 22.3 Å². The van der Waals surface area contributed by atoms with Crippen molar-refractivity contribution in [3.63, 3.8) is 0 Å². The fourth-order valence-corrected chi connectivity index (χ4v) is 5.89. The van der Waals surface area contributed by atoms with Gasteiger partial charge in [-0.25, -0.2) is 17.1 Å². The van der Waals surface area contributed by atoms with Crippen LogP contribution in [-0.2, 0) is 31.9 Å². The van der Waals surface area contributed by atoms with Crippen molar-refractivity contribution in [3.05, 3.63) is 71.5 Å². The Hall–Kier alpha value is -1.80. The molecule has 0 saturated carbocycles. The number of piperidine rings is 1. The molecule has 0 aromatic heterocycles. The van der Waals surface area contributed by atoms with Gasteiger partial charge in [-0.2, -0.15) is 0 Å². The third-order valence-corrected chi connectivity index (χ3v) is 7.93. The molecule has 2 aliphatic heterocycles. The Labute approximate surface area is 177 Å². The average molecular weight is 434 g/mol. The summed E-state index contributed by atoms with van der Waals surface area (Å²) in [6, 6.07) is 16.1. The molecule has 2 aromatic carbocycles. The molecule has 0 amide bonds. The molecule has 0 radical (unpaired) electrons. The first-order valence-corrected chi connectivity index (χ1v) is 12.1. The summed E-state index contributed by atoms with van der Waals surface area (Å²) >= 11 is 0. The first-order valence-electron chi connectivity index (χ1n) is 10.5. The smallest absolute Gasteiger partial charge is 0.218 e. The number of hydrogen-bond donors (Lipinski definition) is 0. The Morgan fingerprint density at radius 1 is 1.07 bits per heavy atom. The van der Waals surface area contributed by atoms with E-state index in [1.807, 2.05) is 30.3 Å². The Bertz CT molecular complexity index is 943. The third kappa shape index (κ3) is 5.09. The fourth-order valence-electron chi connectivity index (χ4n) is 4.34. The minimum atomic E-state index is -3.57. The second-order valence-electron chi connectivity index (χ2n) is 8.19. The lowest BCUT2D eigenvalue weighted by molar-refractivity contribution is -0.153. The molecule has 1 atom stereocenters. The Morgan fingerprint density at radius 2 is 1.77 bits per heavy atom. The molecular formula is C23H28FNO4S. The van der Waals surface area contributed by atoms with Gasteiger partial charge < -0.3 is 9.47 Å². The lowest BCUT2D eigenvalue weighted by Gasteiger charge is -2.45. The van der Waals surface area contributed by atoms with E-state index in [1.165, 1.54) is 16.4 Å². The number of hydrogen-bond acceptors (Lipinski definition) is 4. The zero-order chi connectivity index (χ0) is 21.0. The van der Waals surface area contributed by atoms with E-state index in [0.29, 0.717) is 39.1 Å². The second-order valence-corrected chi connectivity index (χ2v) is 10.2. The minimum absolute atomic E-state index is 0.112. The summed E-state index contributed by atoms with van der Waals surface area (Å²) < 4.78 is 53.2. The van der Waals surface area contributed by atoms with Crippen LogP contribution in [0.1, 0.15) is 36.8 Å². The molecule has 0 bridgehead atoms. The van der Waals surface area contributed by atoms with Crippen LogP contribution in [0.5, 0.6) is 0 Å². The van der Waals surface area contributed by atoms with Gasteiger partial charge in [-0.3, -0.25) is 0 Å². The van der Waals surface area contributed by atoms with Gasteiger partial charge in [-0.05, 0) is 30.9 Å². The number of rotatable bonds is 6. The highest BCUT2D eigenvalue weighted by molar-refractivity contribution is 7.88. The van der Waals surface area contributed by atoms with Gasteiger partial charge in [0, 0.05) is 31.7 Å². The van der Waals surface area contributed by atoms with Gasteiger partial charge in [0.25, 0.3) is 0 Å². The molecule has 2 heterocycles. The molecule has 1 spiro atoms. The van der Waals surface area contributed by atoms with E-state index >= 15 is 0 Å². The van der Waals surface area contributed by atoms with Crippen molar-refractivity contribution in [2.45, 2.75) is 49.7 Å². The van der Waals surface area contributed by atoms with Crippen LogP contribution >= 0.6 is 0 Å². The second kappa shape index (κ2) is 9.14. The fraction of sp³-hybridized carbons (Fsp3) is 0.478. The molecule has 2 saturated heterocycles. The molecule has 2 aromatic rings. The highest BCUT2D eigenvalue weighted by atomic mass is 32.2. The summed E-state index contributed by atoms with van der Waals surface area (Å²) in [6.45, 7) is 1.98. The van der Waals surface area contributed by atoms with Crippen LogP contribution in [0.4, 0.5) is 4.39 Å². The number of ether oxygens (including phenoxy) is 2. The topological polar surface area (TPSA) is 55.8 Å². The Balaban J connectivity index is 1.33. The molecule has 30 heavy (non-hydrogen) atoms. The van der Waals surface area contributed by atoms with Crippen molar-refractivity contribution in [3.8, 4) is 0 Å².